The molecule has 5 heteroatoms. The molecule has 1 aromatic heterocycles. The number of rotatable bonds is 5. The van der Waals surface area contributed by atoms with E-state index in [0.717, 1.165) is 51.1 Å². The van der Waals surface area contributed by atoms with Gasteiger partial charge >= 0.3 is 0 Å². The molecule has 1 fully saturated rings. The van der Waals surface area contributed by atoms with Gasteiger partial charge in [-0.2, -0.15) is 5.10 Å². The fourth-order valence-corrected chi connectivity index (χ4v) is 3.06. The van der Waals surface area contributed by atoms with Crippen molar-refractivity contribution in [3.63, 3.8) is 0 Å². The number of hydrogen-bond acceptors (Lipinski definition) is 3. The molecule has 128 valence electrons. The van der Waals surface area contributed by atoms with Crippen molar-refractivity contribution in [2.45, 2.75) is 38.7 Å². The molecule has 0 aliphatic carbocycles. The predicted octanol–water partition coefficient (Wildman–Crippen LogP) is 3.29. The highest BCUT2D eigenvalue weighted by Crippen LogP contribution is 2.17. The summed E-state index contributed by atoms with van der Waals surface area (Å²) in [5.41, 5.74) is 1.60. The highest BCUT2D eigenvalue weighted by atomic mass is 16.5. The zero-order chi connectivity index (χ0) is 16.8. The van der Waals surface area contributed by atoms with Gasteiger partial charge in [-0.15, -0.1) is 0 Å². The van der Waals surface area contributed by atoms with Crippen LogP contribution in [-0.4, -0.2) is 46.4 Å². The summed E-state index contributed by atoms with van der Waals surface area (Å²) in [7, 11) is 0. The lowest BCUT2D eigenvalue weighted by molar-refractivity contribution is 0.0432. The minimum Gasteiger partial charge on any atom is -0.378 e. The van der Waals surface area contributed by atoms with E-state index in [9.17, 15) is 4.79 Å². The molecule has 1 amide bonds. The molecule has 0 N–H and O–H groups in total. The van der Waals surface area contributed by atoms with E-state index in [-0.39, 0.29) is 12.0 Å². The zero-order valence-electron chi connectivity index (χ0n) is 14.2. The van der Waals surface area contributed by atoms with Crippen LogP contribution >= 0.6 is 0 Å². The summed E-state index contributed by atoms with van der Waals surface area (Å²) < 4.78 is 7.60. The topological polar surface area (TPSA) is 47.4 Å². The highest BCUT2D eigenvalue weighted by molar-refractivity contribution is 5.93. The Labute approximate surface area is 143 Å². The van der Waals surface area contributed by atoms with Crippen molar-refractivity contribution >= 4 is 5.91 Å². The summed E-state index contributed by atoms with van der Waals surface area (Å²) in [6, 6.07) is 9.84. The third-order valence-corrected chi connectivity index (χ3v) is 4.37. The van der Waals surface area contributed by atoms with Crippen LogP contribution in [0.4, 0.5) is 0 Å². The Morgan fingerprint density at radius 2 is 2.08 bits per heavy atom. The maximum atomic E-state index is 12.7. The molecule has 1 atom stereocenters. The van der Waals surface area contributed by atoms with Gasteiger partial charge in [0.05, 0.1) is 23.6 Å². The Balaban J connectivity index is 1.63. The average Bonchev–Trinajstić information content (AvgIpc) is 3.00. The van der Waals surface area contributed by atoms with Gasteiger partial charge in [0.2, 0.25) is 0 Å². The number of benzene rings is 1. The summed E-state index contributed by atoms with van der Waals surface area (Å²) >= 11 is 0. The van der Waals surface area contributed by atoms with Crippen molar-refractivity contribution in [2.24, 2.45) is 0 Å². The van der Waals surface area contributed by atoms with Gasteiger partial charge < -0.3 is 9.64 Å². The van der Waals surface area contributed by atoms with E-state index in [0.29, 0.717) is 5.56 Å². The van der Waals surface area contributed by atoms with Crippen molar-refractivity contribution in [1.82, 2.24) is 14.7 Å². The van der Waals surface area contributed by atoms with Gasteiger partial charge in [0.1, 0.15) is 0 Å². The molecule has 5 nitrogen and oxygen atoms in total. The van der Waals surface area contributed by atoms with Gasteiger partial charge in [0.15, 0.2) is 0 Å². The first-order valence-corrected chi connectivity index (χ1v) is 8.79. The zero-order valence-corrected chi connectivity index (χ0v) is 14.2. The van der Waals surface area contributed by atoms with E-state index in [4.69, 9.17) is 4.74 Å². The van der Waals surface area contributed by atoms with Gasteiger partial charge in [0.25, 0.3) is 5.91 Å². The van der Waals surface area contributed by atoms with Crippen molar-refractivity contribution < 1.29 is 9.53 Å². The van der Waals surface area contributed by atoms with Gasteiger partial charge in [-0.25, -0.2) is 4.68 Å². The molecule has 2 heterocycles. The maximum Gasteiger partial charge on any atom is 0.257 e. The van der Waals surface area contributed by atoms with E-state index in [2.05, 4.69) is 12.0 Å². The smallest absolute Gasteiger partial charge is 0.257 e. The fourth-order valence-electron chi connectivity index (χ4n) is 3.06. The second kappa shape index (κ2) is 8.11. The molecule has 0 radical (unpaired) electrons. The lowest BCUT2D eigenvalue weighted by Gasteiger charge is -2.20. The van der Waals surface area contributed by atoms with Gasteiger partial charge in [-0.05, 0) is 37.8 Å². The second-order valence-electron chi connectivity index (χ2n) is 6.23. The number of hydrogen-bond donors (Lipinski definition) is 0. The Hall–Kier alpha value is -2.14. The largest absolute Gasteiger partial charge is 0.378 e. The monoisotopic (exact) mass is 327 g/mol. The molecular formula is C19H25N3O2. The fraction of sp³-hybridized carbons (Fsp3) is 0.474. The van der Waals surface area contributed by atoms with E-state index in [1.54, 1.807) is 10.9 Å². The second-order valence-corrected chi connectivity index (χ2v) is 6.23. The molecule has 1 aromatic carbocycles. The van der Waals surface area contributed by atoms with E-state index in [1.165, 1.54) is 0 Å². The van der Waals surface area contributed by atoms with E-state index < -0.39 is 0 Å². The van der Waals surface area contributed by atoms with Crippen LogP contribution in [0.3, 0.4) is 0 Å². The minimum absolute atomic E-state index is 0.0633. The number of amides is 1. The lowest BCUT2D eigenvalue weighted by Crippen LogP contribution is -2.32. The number of aromatic nitrogens is 2. The quantitative estimate of drug-likeness (QED) is 0.846. The van der Waals surface area contributed by atoms with Gasteiger partial charge in [-0.3, -0.25) is 4.79 Å². The summed E-state index contributed by atoms with van der Waals surface area (Å²) in [5.74, 6) is 0.0633. The normalized spacial score (nSPS) is 18.4. The summed E-state index contributed by atoms with van der Waals surface area (Å²) in [5, 5.41) is 4.33. The molecule has 2 aromatic rings. The number of likely N-dealkylation sites (tertiary alicyclic amines) is 1. The Morgan fingerprint density at radius 3 is 2.88 bits per heavy atom. The number of ether oxygens (including phenoxy) is 1. The third kappa shape index (κ3) is 4.03. The molecule has 24 heavy (non-hydrogen) atoms. The first-order valence-electron chi connectivity index (χ1n) is 8.79. The van der Waals surface area contributed by atoms with Crippen LogP contribution in [0.1, 0.15) is 43.0 Å². The molecule has 1 aliphatic heterocycles. The number of para-hydroxylation sites is 1. The summed E-state index contributed by atoms with van der Waals surface area (Å²) in [6.07, 6.45) is 7.74. The summed E-state index contributed by atoms with van der Waals surface area (Å²) in [6.45, 7) is 4.48. The van der Waals surface area contributed by atoms with Crippen LogP contribution in [0.5, 0.6) is 0 Å². The molecular weight excluding hydrogens is 302 g/mol. The molecule has 0 spiro atoms. The van der Waals surface area contributed by atoms with Crippen LogP contribution in [0.15, 0.2) is 42.7 Å². The van der Waals surface area contributed by atoms with Gasteiger partial charge in [-0.1, -0.05) is 25.1 Å². The molecule has 1 aliphatic rings. The predicted molar refractivity (Wildman–Crippen MR) is 93.3 cm³/mol. The van der Waals surface area contributed by atoms with E-state index in [1.807, 2.05) is 41.4 Å². The molecule has 0 saturated carbocycles. The number of carbonyl (C=O) groups excluding carboxylic acids is 1. The lowest BCUT2D eigenvalue weighted by atomic mass is 10.2. The number of nitrogens with zero attached hydrogens (tertiary/aromatic N) is 3. The molecule has 1 unspecified atom stereocenters. The van der Waals surface area contributed by atoms with Gasteiger partial charge in [0, 0.05) is 25.9 Å². The van der Waals surface area contributed by atoms with Crippen LogP contribution in [0.2, 0.25) is 0 Å². The minimum atomic E-state index is 0.0633. The van der Waals surface area contributed by atoms with Crippen molar-refractivity contribution in [3.05, 3.63) is 48.3 Å². The number of carbonyl (C=O) groups is 1. The van der Waals surface area contributed by atoms with Crippen LogP contribution in [-0.2, 0) is 4.74 Å². The van der Waals surface area contributed by atoms with Crippen LogP contribution in [0.25, 0.3) is 5.69 Å². The molecule has 1 saturated heterocycles. The van der Waals surface area contributed by atoms with Crippen LogP contribution < -0.4 is 0 Å². The van der Waals surface area contributed by atoms with Crippen molar-refractivity contribution in [2.75, 3.05) is 19.7 Å². The SMILES string of the molecule is CCCOC1CCCN(C(=O)c2cnn(-c3ccccc3)c2)CC1. The Kier molecular flexibility index (Phi) is 5.64. The molecule has 3 rings (SSSR count). The first-order chi connectivity index (χ1) is 11.8. The van der Waals surface area contributed by atoms with Crippen molar-refractivity contribution in [1.29, 1.82) is 0 Å². The third-order valence-electron chi connectivity index (χ3n) is 4.37. The first kappa shape index (κ1) is 16.7. The summed E-state index contributed by atoms with van der Waals surface area (Å²) in [4.78, 5) is 14.7. The maximum absolute atomic E-state index is 12.7. The Morgan fingerprint density at radius 1 is 1.25 bits per heavy atom. The highest BCUT2D eigenvalue weighted by Gasteiger charge is 2.22. The molecule has 0 bridgehead atoms. The van der Waals surface area contributed by atoms with Crippen molar-refractivity contribution in [3.8, 4) is 5.69 Å². The van der Waals surface area contributed by atoms with E-state index >= 15 is 0 Å². The average molecular weight is 327 g/mol. The Bertz CT molecular complexity index is 654. The van der Waals surface area contributed by atoms with Crippen LogP contribution in [0, 0.1) is 0 Å². The standard InChI is InChI=1S/C19H25N3O2/c1-2-13-24-18-9-6-11-21(12-10-18)19(23)16-14-20-22(15-16)17-7-4-3-5-8-17/h3-5,7-8,14-15,18H,2,6,9-13H2,1H3.